The fourth-order valence-corrected chi connectivity index (χ4v) is 18.3. The Hall–Kier alpha value is -15.6. The lowest BCUT2D eigenvalue weighted by Gasteiger charge is -2.28. The van der Waals surface area contributed by atoms with Crippen molar-refractivity contribution in [2.24, 2.45) is 17.8 Å². The molecule has 10 heterocycles. The van der Waals surface area contributed by atoms with Crippen molar-refractivity contribution in [1.29, 1.82) is 0 Å². The van der Waals surface area contributed by atoms with Gasteiger partial charge in [-0.05, 0) is 168 Å². The van der Waals surface area contributed by atoms with Gasteiger partial charge in [0, 0.05) is 96.1 Å². The Kier molecular flexibility index (Phi) is 25.5. The number of nitrogens with one attached hydrogen (secondary N) is 4. The van der Waals surface area contributed by atoms with E-state index >= 15 is 0 Å². The van der Waals surface area contributed by atoms with Crippen LogP contribution in [-0.2, 0) is 50.3 Å². The van der Waals surface area contributed by atoms with Crippen LogP contribution in [0.1, 0.15) is 65.9 Å². The van der Waals surface area contributed by atoms with Crippen LogP contribution in [0, 0.1) is 24.7 Å². The van der Waals surface area contributed by atoms with Crippen molar-refractivity contribution in [2.75, 3.05) is 40.9 Å². The Morgan fingerprint density at radius 3 is 1.55 bits per heavy atom. The number of carbonyl (C=O) groups is 1. The molecule has 3 aliphatic carbocycles. The van der Waals surface area contributed by atoms with Crippen molar-refractivity contribution < 1.29 is 27.4 Å². The average Bonchev–Trinajstić information content (AvgIpc) is 1.48. The number of aryl methyl sites for hydroxylation is 1. The Morgan fingerprint density at radius 1 is 0.462 bits per heavy atom. The molecule has 2 saturated carbocycles. The summed E-state index contributed by atoms with van der Waals surface area (Å²) in [6.45, 7) is 6.71. The average molecular weight is 1780 g/mol. The number of carbonyl (C=O) groups excluding carboxylic acids is 1. The number of rotatable bonds is 22. The zero-order chi connectivity index (χ0) is 89.9. The Morgan fingerprint density at radius 2 is 0.970 bits per heavy atom. The van der Waals surface area contributed by atoms with Crippen LogP contribution in [0.15, 0.2) is 328 Å². The van der Waals surface area contributed by atoms with Gasteiger partial charge in [-0.15, -0.1) is 0 Å². The van der Waals surface area contributed by atoms with E-state index in [0.717, 1.165) is 158 Å². The highest BCUT2D eigenvalue weighted by Gasteiger charge is 2.49. The fourth-order valence-electron chi connectivity index (χ4n) is 17.3. The summed E-state index contributed by atoms with van der Waals surface area (Å²) >= 11 is 6.20. The predicted octanol–water partition coefficient (Wildman–Crippen LogP) is 21.7. The quantitative estimate of drug-likeness (QED) is 0.0278. The van der Waals surface area contributed by atoms with E-state index in [9.17, 15) is 13.2 Å². The summed E-state index contributed by atoms with van der Waals surface area (Å²) in [6, 6.07) is 86.6. The van der Waals surface area contributed by atoms with Gasteiger partial charge in [-0.25, -0.2) is 58.3 Å². The number of esters is 1. The number of allylic oxidation sites excluding steroid dienone is 1. The summed E-state index contributed by atoms with van der Waals surface area (Å²) in [7, 11) is -3.53. The summed E-state index contributed by atoms with van der Waals surface area (Å²) in [6.07, 6.45) is 22.1. The molecule has 22 rings (SSSR count). The summed E-state index contributed by atoms with van der Waals surface area (Å²) < 4.78 is 41.6. The molecule has 0 spiro atoms. The van der Waals surface area contributed by atoms with Crippen LogP contribution in [0.4, 0.5) is 23.3 Å². The minimum absolute atomic E-state index is 0.0873. The minimum atomic E-state index is -3.53. The van der Waals surface area contributed by atoms with Crippen molar-refractivity contribution in [3.05, 3.63) is 362 Å². The van der Waals surface area contributed by atoms with Crippen molar-refractivity contribution >= 4 is 94.3 Å². The number of sulfone groups is 1. The third kappa shape index (κ3) is 19.3. The Labute approximate surface area is 767 Å². The molecule has 26 heteroatoms. The molecule has 4 aliphatic rings. The summed E-state index contributed by atoms with van der Waals surface area (Å²) in [4.78, 5) is 76.9. The van der Waals surface area contributed by atoms with E-state index < -0.39 is 9.84 Å². The number of fused-ring (bicyclic) bond motifs is 7. The second-order valence-corrected chi connectivity index (χ2v) is 34.8. The Bertz CT molecular complexity index is 7380. The van der Waals surface area contributed by atoms with Crippen LogP contribution in [0.2, 0.25) is 5.28 Å². The first-order valence-corrected chi connectivity index (χ1v) is 46.0. The molecule has 2 bridgehead atoms. The highest BCUT2D eigenvalue weighted by Crippen LogP contribution is 2.48. The lowest BCUT2D eigenvalue weighted by Crippen LogP contribution is -2.39. The molecule has 2 unspecified atom stereocenters. The molecule has 4 atom stereocenters. The van der Waals surface area contributed by atoms with Crippen LogP contribution < -0.4 is 26.0 Å². The van der Waals surface area contributed by atoms with Crippen molar-refractivity contribution in [1.82, 2.24) is 69.8 Å². The summed E-state index contributed by atoms with van der Waals surface area (Å²) in [5.41, 5.74) is 20.1. The van der Waals surface area contributed by atoms with Gasteiger partial charge in [0.1, 0.15) is 35.3 Å². The van der Waals surface area contributed by atoms with Gasteiger partial charge in [0.2, 0.25) is 5.28 Å². The molecular formula is C106H89ClN18O6S. The van der Waals surface area contributed by atoms with Crippen LogP contribution in [0.25, 0.3) is 122 Å². The monoisotopic (exact) mass is 1780 g/mol. The zero-order valence-electron chi connectivity index (χ0n) is 72.3. The first-order valence-electron chi connectivity index (χ1n) is 43.7. The molecule has 9 aromatic heterocycles. The van der Waals surface area contributed by atoms with Gasteiger partial charge in [-0.2, -0.15) is 0 Å². The van der Waals surface area contributed by atoms with Gasteiger partial charge in [-0.3, -0.25) is 24.7 Å². The number of hydrogen-bond acceptors (Lipinski definition) is 24. The molecule has 9 aromatic carbocycles. The number of ether oxygens (including phenoxy) is 3. The summed E-state index contributed by atoms with van der Waals surface area (Å²) in [5.74, 6) is 5.87. The predicted molar refractivity (Wildman–Crippen MR) is 518 cm³/mol. The van der Waals surface area contributed by atoms with E-state index in [1.54, 1.807) is 43.2 Å². The molecule has 2 fully saturated rings. The number of halogens is 1. The maximum atomic E-state index is 12.9. The van der Waals surface area contributed by atoms with Crippen LogP contribution in [0.3, 0.4) is 0 Å². The van der Waals surface area contributed by atoms with Crippen LogP contribution in [-0.4, -0.2) is 110 Å². The number of aromatic nitrogens is 14. The second kappa shape index (κ2) is 39.2. The van der Waals surface area contributed by atoms with E-state index in [2.05, 4.69) is 154 Å². The standard InChI is InChI=1S/C29H26N4O2.C28H23N5O2.C26H21N5O2S.C23H19ClN4/c1-2-35-29(34)24-19-13-14-20(16-19)26(24)32-28-25-22(18-8-4-3-5-9-18)11-6-12-23(25)31-27(33-28)21-10-7-15-30-17-21;1-18-10-20(26-21(11-18)15-34-17-35-26)14-31-28-25-23(19-6-3-2-4-7-19)8-5-9-24(25)32-27(33-28)22-12-29-16-30-13-22;1-34(32,33)23-17-27-15-13-21(23)25-30-22-12-7-11-20(18-8-3-2-4-9-18)24(22)26(31-25)29-16-19-10-5-6-14-28-19;24-23-27-20-11-5-9-18(15-6-2-1-3-7-15)21(20)22(28-23)25-14-17-8-4-10-19(26-17)16-12-13-16/h3-15,17,19-20,24,26H,2,16H2,1H3,(H,31,32,33);2-13,16H,14-15,17H2,1H3,(H,31,32,33);2-15,17H,16H2,1H3,(H,29,30,31);1-11,16H,12-14H2,(H,25,27,28)/t19?,20?,24-,26+;;;/m1.../s1. The van der Waals surface area contributed by atoms with Crippen molar-refractivity contribution in [2.45, 2.75) is 76.2 Å². The molecule has 0 saturated heterocycles. The van der Waals surface area contributed by atoms with Crippen LogP contribution in [0.5, 0.6) is 5.75 Å². The van der Waals surface area contributed by atoms with E-state index in [0.29, 0.717) is 73.1 Å². The van der Waals surface area contributed by atoms with Gasteiger partial charge in [0.05, 0.1) is 97.7 Å². The lowest BCUT2D eigenvalue weighted by atomic mass is 9.88. The largest absolute Gasteiger partial charge is 0.467 e. The number of anilines is 4. The topological polar surface area (TPSA) is 307 Å². The van der Waals surface area contributed by atoms with Gasteiger partial charge in [-0.1, -0.05) is 212 Å². The molecular weight excluding hydrogens is 1690 g/mol. The molecule has 0 radical (unpaired) electrons. The first kappa shape index (κ1) is 85.8. The smallest absolute Gasteiger partial charge is 0.311 e. The highest BCUT2D eigenvalue weighted by atomic mass is 35.5. The van der Waals surface area contributed by atoms with E-state index in [1.807, 2.05) is 183 Å². The van der Waals surface area contributed by atoms with Gasteiger partial charge < -0.3 is 35.5 Å². The third-order valence-corrected chi connectivity index (χ3v) is 24.8. The van der Waals surface area contributed by atoms with Gasteiger partial charge in [0.25, 0.3) is 0 Å². The highest BCUT2D eigenvalue weighted by molar-refractivity contribution is 7.90. The number of nitrogens with zero attached hydrogens (tertiary/aromatic N) is 14. The van der Waals surface area contributed by atoms with E-state index in [4.69, 9.17) is 60.7 Å². The molecule has 18 aromatic rings. The number of pyridine rings is 4. The maximum Gasteiger partial charge on any atom is 0.311 e. The van der Waals surface area contributed by atoms with Crippen LogP contribution >= 0.6 is 11.6 Å². The van der Waals surface area contributed by atoms with Crippen molar-refractivity contribution in [3.8, 4) is 84.4 Å². The van der Waals surface area contributed by atoms with E-state index in [1.165, 1.54) is 31.1 Å². The Balaban J connectivity index is 0.000000114. The van der Waals surface area contributed by atoms with E-state index in [-0.39, 0.29) is 46.7 Å². The molecule has 0 amide bonds. The SMILES string of the molecule is CCOC(=O)[C@@H]1C2C=CC(C2)[C@@H]1Nc1nc(-c2cccnc2)nc2cccc(-c3ccccc3)c12.CS(=O)(=O)c1cnccc1-c1nc(NCc2ccccn2)c2c(-c3ccccc3)cccc2n1.Cc1cc(CNc2nc(-c3cncnc3)nc3cccc(-c4ccccc4)c23)c2c(c1)COCO2.Clc1nc(NCc2cccc(C3CC3)n2)c2c(-c3ccccc3)cccc2n1. The minimum Gasteiger partial charge on any atom is -0.467 e. The first-order chi connectivity index (χ1) is 64.8. The molecule has 24 nitrogen and oxygen atoms in total. The molecule has 132 heavy (non-hydrogen) atoms. The molecule has 4 N–H and O–H groups in total. The number of hydrogen-bond donors (Lipinski definition) is 4. The zero-order valence-corrected chi connectivity index (χ0v) is 73.9. The number of benzene rings is 9. The molecule has 1 aliphatic heterocycles. The lowest BCUT2D eigenvalue weighted by molar-refractivity contribution is -0.149. The normalized spacial score (nSPS) is 15.2. The second-order valence-electron chi connectivity index (χ2n) is 32.4. The van der Waals surface area contributed by atoms with Gasteiger partial charge >= 0.3 is 5.97 Å². The third-order valence-electron chi connectivity index (χ3n) is 23.5. The summed E-state index contributed by atoms with van der Waals surface area (Å²) in [5, 5.41) is 18.1. The van der Waals surface area contributed by atoms with Crippen molar-refractivity contribution in [3.63, 3.8) is 0 Å². The molecule has 652 valence electrons. The fraction of sp³-hybridized carbons (Fsp3) is 0.160. The maximum absolute atomic E-state index is 12.9. The van der Waals surface area contributed by atoms with Gasteiger partial charge in [0.15, 0.2) is 34.1 Å².